The third-order valence-electron chi connectivity index (χ3n) is 4.18. The molecule has 1 N–H and O–H groups in total. The number of aromatic nitrogens is 4. The molecule has 0 aliphatic rings. The number of carbonyl (C=O) groups is 1. The number of nitro groups is 1. The second-order valence-electron chi connectivity index (χ2n) is 5.97. The predicted octanol–water partition coefficient (Wildman–Crippen LogP) is 2.44. The van der Waals surface area contributed by atoms with Crippen LogP contribution in [0.2, 0.25) is 0 Å². The summed E-state index contributed by atoms with van der Waals surface area (Å²) in [7, 11) is 1.55. The quantitative estimate of drug-likeness (QED) is 0.559. The van der Waals surface area contributed by atoms with E-state index in [9.17, 15) is 14.9 Å². The standard InChI is InChI=1S/C17H18N6O3/c1-11-6-4-5-7-13(11)9-22-10-14(8-18-22)19-17(24)15-16(23(25)26)12(2)21(3)20-15/h4-8,10H,9H2,1-3H3,(H,19,24). The summed E-state index contributed by atoms with van der Waals surface area (Å²) in [6, 6.07) is 7.95. The fraction of sp³-hybridized carbons (Fsp3) is 0.235. The van der Waals surface area contributed by atoms with Crippen LogP contribution < -0.4 is 5.32 Å². The smallest absolute Gasteiger partial charge is 0.318 e. The van der Waals surface area contributed by atoms with E-state index in [4.69, 9.17) is 0 Å². The van der Waals surface area contributed by atoms with Crippen molar-refractivity contribution in [3.63, 3.8) is 0 Å². The van der Waals surface area contributed by atoms with E-state index in [0.717, 1.165) is 11.1 Å². The Hall–Kier alpha value is -3.49. The number of aryl methyl sites for hydroxylation is 2. The molecule has 0 aliphatic heterocycles. The topological polar surface area (TPSA) is 108 Å². The molecule has 1 amide bonds. The zero-order valence-electron chi connectivity index (χ0n) is 14.6. The first-order valence-electron chi connectivity index (χ1n) is 7.93. The molecule has 2 heterocycles. The number of carbonyl (C=O) groups excluding carboxylic acids is 1. The molecular formula is C17H18N6O3. The lowest BCUT2D eigenvalue weighted by Gasteiger charge is -2.05. The summed E-state index contributed by atoms with van der Waals surface area (Å²) in [5.74, 6) is -0.643. The van der Waals surface area contributed by atoms with Gasteiger partial charge >= 0.3 is 5.69 Å². The highest BCUT2D eigenvalue weighted by atomic mass is 16.6. The van der Waals surface area contributed by atoms with Crippen molar-refractivity contribution in [2.45, 2.75) is 20.4 Å². The maximum absolute atomic E-state index is 12.4. The monoisotopic (exact) mass is 354 g/mol. The van der Waals surface area contributed by atoms with Crippen molar-refractivity contribution in [3.8, 4) is 0 Å². The van der Waals surface area contributed by atoms with Gasteiger partial charge in [0.15, 0.2) is 0 Å². The largest absolute Gasteiger partial charge is 0.322 e. The summed E-state index contributed by atoms with van der Waals surface area (Å²) in [6.45, 7) is 4.12. The maximum atomic E-state index is 12.4. The van der Waals surface area contributed by atoms with Crippen molar-refractivity contribution in [2.24, 2.45) is 7.05 Å². The van der Waals surface area contributed by atoms with Gasteiger partial charge in [0.2, 0.25) is 5.69 Å². The summed E-state index contributed by atoms with van der Waals surface area (Å²) >= 11 is 0. The van der Waals surface area contributed by atoms with Crippen LogP contribution in [0.1, 0.15) is 27.3 Å². The Bertz CT molecular complexity index is 988. The number of nitrogens with one attached hydrogen (secondary N) is 1. The van der Waals surface area contributed by atoms with Crippen molar-refractivity contribution >= 4 is 17.3 Å². The van der Waals surface area contributed by atoms with Gasteiger partial charge < -0.3 is 5.32 Å². The average Bonchev–Trinajstić information content (AvgIpc) is 3.14. The molecule has 3 aromatic rings. The lowest BCUT2D eigenvalue weighted by molar-refractivity contribution is -0.385. The molecule has 134 valence electrons. The van der Waals surface area contributed by atoms with Crippen LogP contribution in [0.5, 0.6) is 0 Å². The number of nitrogens with zero attached hydrogens (tertiary/aromatic N) is 5. The zero-order valence-corrected chi connectivity index (χ0v) is 14.6. The Labute approximate surface area is 149 Å². The number of hydrogen-bond donors (Lipinski definition) is 1. The molecule has 26 heavy (non-hydrogen) atoms. The number of anilines is 1. The van der Waals surface area contributed by atoms with E-state index >= 15 is 0 Å². The summed E-state index contributed by atoms with van der Waals surface area (Å²) in [6.07, 6.45) is 3.17. The Kier molecular flexibility index (Phi) is 4.53. The van der Waals surface area contributed by atoms with E-state index in [1.165, 1.54) is 10.9 Å². The van der Waals surface area contributed by atoms with Crippen molar-refractivity contribution in [3.05, 3.63) is 69.3 Å². The third-order valence-corrected chi connectivity index (χ3v) is 4.18. The summed E-state index contributed by atoms with van der Waals surface area (Å²) < 4.78 is 3.00. The fourth-order valence-electron chi connectivity index (χ4n) is 2.64. The number of rotatable bonds is 5. The highest BCUT2D eigenvalue weighted by Gasteiger charge is 2.29. The van der Waals surface area contributed by atoms with Crippen molar-refractivity contribution < 1.29 is 9.72 Å². The van der Waals surface area contributed by atoms with Gasteiger partial charge in [0, 0.05) is 13.2 Å². The number of benzene rings is 1. The minimum absolute atomic E-state index is 0.221. The van der Waals surface area contributed by atoms with Crippen LogP contribution in [-0.4, -0.2) is 30.4 Å². The molecule has 0 saturated carbocycles. The van der Waals surface area contributed by atoms with Crippen LogP contribution in [-0.2, 0) is 13.6 Å². The molecule has 0 saturated heterocycles. The molecule has 9 nitrogen and oxygen atoms in total. The molecule has 3 rings (SSSR count). The number of amides is 1. The molecule has 0 bridgehead atoms. The van der Waals surface area contributed by atoms with Gasteiger partial charge in [-0.3, -0.25) is 24.3 Å². The highest BCUT2D eigenvalue weighted by Crippen LogP contribution is 2.23. The maximum Gasteiger partial charge on any atom is 0.322 e. The first kappa shape index (κ1) is 17.3. The molecule has 9 heteroatoms. The van der Waals surface area contributed by atoms with E-state index in [0.29, 0.717) is 17.9 Å². The van der Waals surface area contributed by atoms with Crippen molar-refractivity contribution in [1.29, 1.82) is 0 Å². The lowest BCUT2D eigenvalue weighted by atomic mass is 10.1. The molecule has 0 radical (unpaired) electrons. The molecule has 2 aromatic heterocycles. The molecule has 0 aliphatic carbocycles. The van der Waals surface area contributed by atoms with Crippen LogP contribution in [0.3, 0.4) is 0 Å². The molecule has 0 unspecified atom stereocenters. The molecular weight excluding hydrogens is 336 g/mol. The summed E-state index contributed by atoms with van der Waals surface area (Å²) in [5, 5.41) is 22.0. The first-order chi connectivity index (χ1) is 12.4. The van der Waals surface area contributed by atoms with E-state index < -0.39 is 10.8 Å². The van der Waals surface area contributed by atoms with Gasteiger partial charge in [-0.1, -0.05) is 24.3 Å². The Morgan fingerprint density at radius 1 is 1.31 bits per heavy atom. The van der Waals surface area contributed by atoms with E-state index in [1.807, 2.05) is 31.2 Å². The van der Waals surface area contributed by atoms with Crippen LogP contribution in [0, 0.1) is 24.0 Å². The Morgan fingerprint density at radius 2 is 2.04 bits per heavy atom. The molecule has 1 aromatic carbocycles. The van der Waals surface area contributed by atoms with Gasteiger partial charge in [0.1, 0.15) is 5.69 Å². The van der Waals surface area contributed by atoms with Crippen LogP contribution in [0.25, 0.3) is 0 Å². The van der Waals surface area contributed by atoms with Crippen LogP contribution in [0.15, 0.2) is 36.7 Å². The van der Waals surface area contributed by atoms with Gasteiger partial charge in [-0.2, -0.15) is 10.2 Å². The Balaban J connectivity index is 1.78. The van der Waals surface area contributed by atoms with Gasteiger partial charge in [-0.25, -0.2) is 0 Å². The molecule has 0 atom stereocenters. The van der Waals surface area contributed by atoms with Crippen LogP contribution in [0.4, 0.5) is 11.4 Å². The average molecular weight is 354 g/mol. The molecule has 0 spiro atoms. The zero-order chi connectivity index (χ0) is 18.8. The minimum Gasteiger partial charge on any atom is -0.318 e. The van der Waals surface area contributed by atoms with Crippen LogP contribution >= 0.6 is 0 Å². The van der Waals surface area contributed by atoms with Crippen molar-refractivity contribution in [2.75, 3.05) is 5.32 Å². The molecule has 0 fully saturated rings. The normalized spacial score (nSPS) is 10.7. The summed E-state index contributed by atoms with van der Waals surface area (Å²) in [4.78, 5) is 23.0. The van der Waals surface area contributed by atoms with E-state index in [2.05, 4.69) is 15.5 Å². The second kappa shape index (κ2) is 6.79. The van der Waals surface area contributed by atoms with Crippen molar-refractivity contribution in [1.82, 2.24) is 19.6 Å². The van der Waals surface area contributed by atoms with E-state index in [1.54, 1.807) is 24.9 Å². The minimum atomic E-state index is -0.643. The van der Waals surface area contributed by atoms with Gasteiger partial charge in [0.05, 0.1) is 23.4 Å². The fourth-order valence-corrected chi connectivity index (χ4v) is 2.64. The van der Waals surface area contributed by atoms with E-state index in [-0.39, 0.29) is 11.4 Å². The SMILES string of the molecule is Cc1ccccc1Cn1cc(NC(=O)c2nn(C)c(C)c2[N+](=O)[O-])cn1. The first-order valence-corrected chi connectivity index (χ1v) is 7.93. The van der Waals surface area contributed by atoms with Gasteiger partial charge in [0.25, 0.3) is 5.91 Å². The highest BCUT2D eigenvalue weighted by molar-refractivity contribution is 6.05. The summed E-state index contributed by atoms with van der Waals surface area (Å²) in [5.41, 5.74) is 2.51. The van der Waals surface area contributed by atoms with Gasteiger partial charge in [-0.05, 0) is 25.0 Å². The van der Waals surface area contributed by atoms with Gasteiger partial charge in [-0.15, -0.1) is 0 Å². The third kappa shape index (κ3) is 3.32. The second-order valence-corrected chi connectivity index (χ2v) is 5.97. The number of hydrogen-bond acceptors (Lipinski definition) is 5. The lowest BCUT2D eigenvalue weighted by Crippen LogP contribution is -2.14. The Morgan fingerprint density at radius 3 is 2.73 bits per heavy atom. The predicted molar refractivity (Wildman–Crippen MR) is 95.1 cm³/mol.